The molecule has 0 aromatic heterocycles. The smallest absolute Gasteiger partial charge is 0.239 e. The Hall–Kier alpha value is -1.75. The van der Waals surface area contributed by atoms with Gasteiger partial charge in [-0.25, -0.2) is 0 Å². The normalized spacial score (nSPS) is 18.4. The van der Waals surface area contributed by atoms with Gasteiger partial charge in [0.2, 0.25) is 5.91 Å². The van der Waals surface area contributed by atoms with E-state index >= 15 is 0 Å². The molecule has 1 amide bonds. The molecule has 1 fully saturated rings. The van der Waals surface area contributed by atoms with Gasteiger partial charge in [0, 0.05) is 26.2 Å². The summed E-state index contributed by atoms with van der Waals surface area (Å²) in [5.74, 6) is 0.531. The van der Waals surface area contributed by atoms with Crippen molar-refractivity contribution in [2.75, 3.05) is 31.1 Å². The molecule has 2 atom stereocenters. The molecule has 3 N–H and O–H groups in total. The molecule has 1 aromatic carbocycles. The van der Waals surface area contributed by atoms with E-state index in [1.54, 1.807) is 6.07 Å². The summed E-state index contributed by atoms with van der Waals surface area (Å²) in [5, 5.41) is 9.89. The monoisotopic (exact) mass is 291 g/mol. The first-order valence-corrected chi connectivity index (χ1v) is 7.62. The minimum Gasteiger partial charge on any atom is -0.506 e. The number of hydrogen-bond acceptors (Lipinski definition) is 4. The van der Waals surface area contributed by atoms with Crippen LogP contribution in [0.15, 0.2) is 24.3 Å². The van der Waals surface area contributed by atoms with E-state index in [4.69, 9.17) is 5.73 Å². The summed E-state index contributed by atoms with van der Waals surface area (Å²) in [6.45, 7) is 6.80. The molecule has 1 saturated heterocycles. The van der Waals surface area contributed by atoms with Gasteiger partial charge in [-0.2, -0.15) is 0 Å². The summed E-state index contributed by atoms with van der Waals surface area (Å²) in [4.78, 5) is 16.3. The number of nitrogens with two attached hydrogens (primary N) is 1. The van der Waals surface area contributed by atoms with Crippen LogP contribution in [0.4, 0.5) is 5.69 Å². The Kier molecular flexibility index (Phi) is 5.07. The molecule has 5 nitrogen and oxygen atoms in total. The highest BCUT2D eigenvalue weighted by molar-refractivity contribution is 5.82. The Morgan fingerprint density at radius 1 is 1.29 bits per heavy atom. The molecule has 1 aliphatic rings. The van der Waals surface area contributed by atoms with E-state index in [9.17, 15) is 9.90 Å². The number of nitrogens with zero attached hydrogens (tertiary/aromatic N) is 2. The molecular weight excluding hydrogens is 266 g/mol. The van der Waals surface area contributed by atoms with Crippen LogP contribution in [0.3, 0.4) is 0 Å². The van der Waals surface area contributed by atoms with Crippen LogP contribution in [0.25, 0.3) is 0 Å². The molecule has 0 bridgehead atoms. The van der Waals surface area contributed by atoms with Gasteiger partial charge in [0.15, 0.2) is 0 Å². The summed E-state index contributed by atoms with van der Waals surface area (Å²) in [6.07, 6.45) is 0.907. The van der Waals surface area contributed by atoms with Gasteiger partial charge in [0.25, 0.3) is 0 Å². The molecule has 2 rings (SSSR count). The number of amides is 1. The van der Waals surface area contributed by atoms with Gasteiger partial charge >= 0.3 is 0 Å². The first-order valence-electron chi connectivity index (χ1n) is 7.62. The molecule has 0 aliphatic carbocycles. The van der Waals surface area contributed by atoms with Crippen LogP contribution in [-0.4, -0.2) is 48.1 Å². The molecule has 21 heavy (non-hydrogen) atoms. The number of carbonyl (C=O) groups is 1. The number of piperazine rings is 1. The SMILES string of the molecule is CC[C@H](C)[C@H](N)C(=O)N1CCN(c2ccccc2O)CC1. The molecule has 0 unspecified atom stereocenters. The number of carbonyl (C=O) groups excluding carboxylic acids is 1. The second kappa shape index (κ2) is 6.80. The van der Waals surface area contributed by atoms with Crippen LogP contribution in [0.2, 0.25) is 0 Å². The van der Waals surface area contributed by atoms with Gasteiger partial charge < -0.3 is 20.6 Å². The van der Waals surface area contributed by atoms with E-state index in [0.29, 0.717) is 13.1 Å². The van der Waals surface area contributed by atoms with Crippen molar-refractivity contribution < 1.29 is 9.90 Å². The zero-order valence-electron chi connectivity index (χ0n) is 12.8. The number of benzene rings is 1. The fourth-order valence-electron chi connectivity index (χ4n) is 2.61. The van der Waals surface area contributed by atoms with Crippen LogP contribution < -0.4 is 10.6 Å². The van der Waals surface area contributed by atoms with Gasteiger partial charge in [0.05, 0.1) is 11.7 Å². The van der Waals surface area contributed by atoms with Crippen molar-refractivity contribution in [2.45, 2.75) is 26.3 Å². The van der Waals surface area contributed by atoms with Crippen molar-refractivity contribution in [3.8, 4) is 5.75 Å². The third-order valence-corrected chi connectivity index (χ3v) is 4.36. The van der Waals surface area contributed by atoms with Gasteiger partial charge in [-0.05, 0) is 18.1 Å². The lowest BCUT2D eigenvalue weighted by Gasteiger charge is -2.37. The third kappa shape index (κ3) is 3.47. The number of phenols is 1. The quantitative estimate of drug-likeness (QED) is 0.880. The van der Waals surface area contributed by atoms with Crippen LogP contribution in [0.5, 0.6) is 5.75 Å². The van der Waals surface area contributed by atoms with Crippen molar-refractivity contribution >= 4 is 11.6 Å². The van der Waals surface area contributed by atoms with Gasteiger partial charge in [-0.15, -0.1) is 0 Å². The number of aromatic hydroxyl groups is 1. The lowest BCUT2D eigenvalue weighted by Crippen LogP contribution is -2.54. The average Bonchev–Trinajstić information content (AvgIpc) is 2.53. The highest BCUT2D eigenvalue weighted by Gasteiger charge is 2.28. The molecule has 0 radical (unpaired) electrons. The molecule has 1 aromatic rings. The van der Waals surface area contributed by atoms with Gasteiger partial charge in [0.1, 0.15) is 5.75 Å². The molecule has 0 spiro atoms. The van der Waals surface area contributed by atoms with Crippen molar-refractivity contribution in [3.05, 3.63) is 24.3 Å². The minimum atomic E-state index is -0.410. The Morgan fingerprint density at radius 2 is 1.90 bits per heavy atom. The van der Waals surface area contributed by atoms with E-state index in [1.165, 1.54) is 0 Å². The fraction of sp³-hybridized carbons (Fsp3) is 0.562. The highest BCUT2D eigenvalue weighted by Crippen LogP contribution is 2.27. The van der Waals surface area contributed by atoms with Crippen molar-refractivity contribution in [2.24, 2.45) is 11.7 Å². The molecule has 116 valence electrons. The summed E-state index contributed by atoms with van der Waals surface area (Å²) in [7, 11) is 0. The van der Waals surface area contributed by atoms with Crippen LogP contribution >= 0.6 is 0 Å². The predicted molar refractivity (Wildman–Crippen MR) is 84.3 cm³/mol. The second-order valence-corrected chi connectivity index (χ2v) is 5.71. The number of hydrogen-bond donors (Lipinski definition) is 2. The maximum absolute atomic E-state index is 12.3. The third-order valence-electron chi connectivity index (χ3n) is 4.36. The topological polar surface area (TPSA) is 69.8 Å². The Morgan fingerprint density at radius 3 is 2.48 bits per heavy atom. The zero-order chi connectivity index (χ0) is 15.4. The minimum absolute atomic E-state index is 0.0429. The summed E-state index contributed by atoms with van der Waals surface area (Å²) < 4.78 is 0. The van der Waals surface area contributed by atoms with Crippen LogP contribution in [0.1, 0.15) is 20.3 Å². The van der Waals surface area contributed by atoms with Crippen molar-refractivity contribution in [1.82, 2.24) is 4.90 Å². The highest BCUT2D eigenvalue weighted by atomic mass is 16.3. The molecule has 1 aliphatic heterocycles. The first-order chi connectivity index (χ1) is 10.0. The van der Waals surface area contributed by atoms with Crippen molar-refractivity contribution in [3.63, 3.8) is 0 Å². The first kappa shape index (κ1) is 15.6. The molecular formula is C16H25N3O2. The number of phenolic OH excluding ortho intramolecular Hbond substituents is 1. The Labute approximate surface area is 126 Å². The standard InChI is InChI=1S/C16H25N3O2/c1-3-12(2)15(17)16(21)19-10-8-18(9-11-19)13-6-4-5-7-14(13)20/h4-7,12,15,20H,3,8-11,17H2,1-2H3/t12-,15-/m0/s1. The lowest BCUT2D eigenvalue weighted by atomic mass is 9.98. The maximum Gasteiger partial charge on any atom is 0.239 e. The Balaban J connectivity index is 1.94. The molecule has 5 heteroatoms. The van der Waals surface area contributed by atoms with E-state index in [-0.39, 0.29) is 17.6 Å². The number of para-hydroxylation sites is 2. The van der Waals surface area contributed by atoms with E-state index in [1.807, 2.05) is 36.9 Å². The fourth-order valence-corrected chi connectivity index (χ4v) is 2.61. The van der Waals surface area contributed by atoms with Crippen molar-refractivity contribution in [1.29, 1.82) is 0 Å². The number of anilines is 1. The second-order valence-electron chi connectivity index (χ2n) is 5.71. The largest absolute Gasteiger partial charge is 0.506 e. The van der Waals surface area contributed by atoms with E-state index in [0.717, 1.165) is 25.2 Å². The van der Waals surface area contributed by atoms with E-state index in [2.05, 4.69) is 4.90 Å². The lowest BCUT2D eigenvalue weighted by molar-refractivity contribution is -0.134. The van der Waals surface area contributed by atoms with Gasteiger partial charge in [-0.1, -0.05) is 32.4 Å². The zero-order valence-corrected chi connectivity index (χ0v) is 12.8. The van der Waals surface area contributed by atoms with Crippen LogP contribution in [-0.2, 0) is 4.79 Å². The molecule has 0 saturated carbocycles. The Bertz CT molecular complexity index is 484. The summed E-state index contributed by atoms with van der Waals surface area (Å²) in [6, 6.07) is 6.89. The number of rotatable bonds is 4. The summed E-state index contributed by atoms with van der Waals surface area (Å²) >= 11 is 0. The van der Waals surface area contributed by atoms with Crippen LogP contribution in [0, 0.1) is 5.92 Å². The summed E-state index contributed by atoms with van der Waals surface area (Å²) in [5.41, 5.74) is 6.86. The predicted octanol–water partition coefficient (Wildman–Crippen LogP) is 1.41. The average molecular weight is 291 g/mol. The molecule has 1 heterocycles. The maximum atomic E-state index is 12.3. The van der Waals surface area contributed by atoms with Gasteiger partial charge in [-0.3, -0.25) is 4.79 Å². The van der Waals surface area contributed by atoms with E-state index < -0.39 is 6.04 Å².